The van der Waals surface area contributed by atoms with Gasteiger partial charge in [-0.15, -0.1) is 0 Å². The lowest BCUT2D eigenvalue weighted by atomic mass is 10.1. The van der Waals surface area contributed by atoms with Crippen LogP contribution in [-0.4, -0.2) is 16.2 Å². The first-order valence-electron chi connectivity index (χ1n) is 10.6. The standard InChI is InChI=1S/C27H24N2O2/c1-20(31-22-12-3-2-4-13-22)27-28-24-15-7-8-16-25(24)29(27)18-19-30-26-17-9-11-21-10-5-6-14-23(21)26/h2-17,20H,18-19H2,1H3. The molecule has 1 heterocycles. The number of ether oxygens (including phenoxy) is 2. The molecule has 31 heavy (non-hydrogen) atoms. The Morgan fingerprint density at radius 3 is 2.45 bits per heavy atom. The van der Waals surface area contributed by atoms with E-state index in [2.05, 4.69) is 28.8 Å². The van der Waals surface area contributed by atoms with Crippen molar-refractivity contribution >= 4 is 21.8 Å². The Morgan fingerprint density at radius 2 is 1.55 bits per heavy atom. The van der Waals surface area contributed by atoms with Crippen molar-refractivity contribution in [1.29, 1.82) is 0 Å². The number of rotatable bonds is 7. The summed E-state index contributed by atoms with van der Waals surface area (Å²) in [6.07, 6.45) is -0.188. The van der Waals surface area contributed by atoms with Crippen molar-refractivity contribution in [1.82, 2.24) is 9.55 Å². The molecule has 0 amide bonds. The largest absolute Gasteiger partial charge is 0.491 e. The Balaban J connectivity index is 1.40. The normalized spacial score (nSPS) is 12.2. The minimum atomic E-state index is -0.188. The first kappa shape index (κ1) is 19.2. The summed E-state index contributed by atoms with van der Waals surface area (Å²) >= 11 is 0. The summed E-state index contributed by atoms with van der Waals surface area (Å²) in [5.74, 6) is 2.63. The zero-order valence-electron chi connectivity index (χ0n) is 17.4. The fraction of sp³-hybridized carbons (Fsp3) is 0.148. The van der Waals surface area contributed by atoms with Crippen LogP contribution in [0.1, 0.15) is 18.9 Å². The molecule has 0 radical (unpaired) electrons. The van der Waals surface area contributed by atoms with Gasteiger partial charge in [0.05, 0.1) is 17.6 Å². The highest BCUT2D eigenvalue weighted by molar-refractivity contribution is 5.88. The van der Waals surface area contributed by atoms with Crippen LogP contribution in [0.3, 0.4) is 0 Å². The zero-order chi connectivity index (χ0) is 21.0. The Hall–Kier alpha value is -3.79. The molecule has 4 heteroatoms. The van der Waals surface area contributed by atoms with Gasteiger partial charge in [-0.3, -0.25) is 0 Å². The Labute approximate surface area is 181 Å². The van der Waals surface area contributed by atoms with Gasteiger partial charge in [-0.1, -0.05) is 66.7 Å². The molecular weight excluding hydrogens is 384 g/mol. The molecular formula is C27H24N2O2. The maximum atomic E-state index is 6.21. The molecule has 0 fully saturated rings. The van der Waals surface area contributed by atoms with Crippen LogP contribution in [0.15, 0.2) is 97.1 Å². The number of hydrogen-bond donors (Lipinski definition) is 0. The lowest BCUT2D eigenvalue weighted by Crippen LogP contribution is -2.15. The topological polar surface area (TPSA) is 36.3 Å². The van der Waals surface area contributed by atoms with Gasteiger partial charge in [-0.25, -0.2) is 4.98 Å². The van der Waals surface area contributed by atoms with E-state index < -0.39 is 0 Å². The van der Waals surface area contributed by atoms with Crippen LogP contribution in [0.5, 0.6) is 11.5 Å². The fourth-order valence-electron chi connectivity index (χ4n) is 3.96. The van der Waals surface area contributed by atoms with Crippen LogP contribution in [0, 0.1) is 0 Å². The van der Waals surface area contributed by atoms with Crippen LogP contribution in [0.4, 0.5) is 0 Å². The summed E-state index contributed by atoms with van der Waals surface area (Å²) in [6, 6.07) is 32.5. The number of nitrogens with zero attached hydrogens (tertiary/aromatic N) is 2. The Morgan fingerprint density at radius 1 is 0.806 bits per heavy atom. The Kier molecular flexibility index (Phi) is 5.28. The quantitative estimate of drug-likeness (QED) is 0.312. The van der Waals surface area contributed by atoms with E-state index in [4.69, 9.17) is 14.5 Å². The van der Waals surface area contributed by atoms with Crippen molar-refractivity contribution in [3.63, 3.8) is 0 Å². The highest BCUT2D eigenvalue weighted by atomic mass is 16.5. The van der Waals surface area contributed by atoms with Gasteiger partial charge in [0.15, 0.2) is 11.9 Å². The van der Waals surface area contributed by atoms with Crippen molar-refractivity contribution in [3.05, 3.63) is 103 Å². The van der Waals surface area contributed by atoms with E-state index in [9.17, 15) is 0 Å². The molecule has 5 aromatic rings. The van der Waals surface area contributed by atoms with Crippen molar-refractivity contribution in [3.8, 4) is 11.5 Å². The highest BCUT2D eigenvalue weighted by Crippen LogP contribution is 2.27. The summed E-state index contributed by atoms with van der Waals surface area (Å²) in [7, 11) is 0. The maximum absolute atomic E-state index is 6.21. The number of fused-ring (bicyclic) bond motifs is 2. The second-order valence-electron chi connectivity index (χ2n) is 7.51. The molecule has 4 nitrogen and oxygen atoms in total. The number of para-hydroxylation sites is 3. The third-order valence-electron chi connectivity index (χ3n) is 5.43. The summed E-state index contributed by atoms with van der Waals surface area (Å²) in [6.45, 7) is 3.26. The zero-order valence-corrected chi connectivity index (χ0v) is 17.4. The van der Waals surface area contributed by atoms with E-state index >= 15 is 0 Å². The van der Waals surface area contributed by atoms with Gasteiger partial charge in [-0.05, 0) is 42.6 Å². The maximum Gasteiger partial charge on any atom is 0.153 e. The molecule has 0 saturated heterocycles. The predicted molar refractivity (Wildman–Crippen MR) is 125 cm³/mol. The van der Waals surface area contributed by atoms with Gasteiger partial charge >= 0.3 is 0 Å². The molecule has 0 aliphatic rings. The van der Waals surface area contributed by atoms with E-state index in [1.807, 2.05) is 79.7 Å². The van der Waals surface area contributed by atoms with Crippen LogP contribution in [-0.2, 0) is 6.54 Å². The molecule has 0 bridgehead atoms. The van der Waals surface area contributed by atoms with Crippen molar-refractivity contribution in [2.75, 3.05) is 6.61 Å². The second kappa shape index (κ2) is 8.52. The summed E-state index contributed by atoms with van der Waals surface area (Å²) < 4.78 is 14.6. The molecule has 0 N–H and O–H groups in total. The summed E-state index contributed by atoms with van der Waals surface area (Å²) in [5, 5.41) is 2.31. The van der Waals surface area contributed by atoms with Crippen molar-refractivity contribution < 1.29 is 9.47 Å². The van der Waals surface area contributed by atoms with Crippen molar-refractivity contribution in [2.24, 2.45) is 0 Å². The average Bonchev–Trinajstić information content (AvgIpc) is 3.19. The van der Waals surface area contributed by atoms with Crippen LogP contribution in [0.25, 0.3) is 21.8 Å². The molecule has 5 rings (SSSR count). The molecule has 0 aliphatic heterocycles. The molecule has 154 valence electrons. The first-order valence-corrected chi connectivity index (χ1v) is 10.6. The third kappa shape index (κ3) is 3.97. The first-order chi connectivity index (χ1) is 15.3. The van der Waals surface area contributed by atoms with Crippen LogP contribution < -0.4 is 9.47 Å². The van der Waals surface area contributed by atoms with Gasteiger partial charge in [0, 0.05) is 5.39 Å². The van der Waals surface area contributed by atoms with Crippen molar-refractivity contribution in [2.45, 2.75) is 19.6 Å². The summed E-state index contributed by atoms with van der Waals surface area (Å²) in [4.78, 5) is 4.87. The second-order valence-corrected chi connectivity index (χ2v) is 7.51. The van der Waals surface area contributed by atoms with Gasteiger partial charge < -0.3 is 14.0 Å². The molecule has 1 aromatic heterocycles. The summed E-state index contributed by atoms with van der Waals surface area (Å²) in [5.41, 5.74) is 2.05. The highest BCUT2D eigenvalue weighted by Gasteiger charge is 2.18. The monoisotopic (exact) mass is 408 g/mol. The SMILES string of the molecule is CC(Oc1ccccc1)c1nc2ccccc2n1CCOc1cccc2ccccc12. The van der Waals surface area contributed by atoms with E-state index in [1.54, 1.807) is 0 Å². The number of benzene rings is 4. The van der Waals surface area contributed by atoms with Gasteiger partial charge in [0.25, 0.3) is 0 Å². The minimum Gasteiger partial charge on any atom is -0.491 e. The fourth-order valence-corrected chi connectivity index (χ4v) is 3.96. The molecule has 1 atom stereocenters. The van der Waals surface area contributed by atoms with E-state index in [1.165, 1.54) is 5.39 Å². The number of hydrogen-bond acceptors (Lipinski definition) is 3. The lowest BCUT2D eigenvalue weighted by molar-refractivity contribution is 0.207. The third-order valence-corrected chi connectivity index (χ3v) is 5.43. The molecule has 4 aromatic carbocycles. The number of imidazole rings is 1. The van der Waals surface area contributed by atoms with Gasteiger partial charge in [0.1, 0.15) is 18.1 Å². The lowest BCUT2D eigenvalue weighted by Gasteiger charge is -2.17. The van der Waals surface area contributed by atoms with Crippen LogP contribution >= 0.6 is 0 Å². The van der Waals surface area contributed by atoms with Gasteiger partial charge in [0.2, 0.25) is 0 Å². The molecule has 1 unspecified atom stereocenters. The Bertz CT molecular complexity index is 1310. The van der Waals surface area contributed by atoms with E-state index in [0.29, 0.717) is 13.2 Å². The van der Waals surface area contributed by atoms with Crippen LogP contribution in [0.2, 0.25) is 0 Å². The van der Waals surface area contributed by atoms with E-state index in [0.717, 1.165) is 33.7 Å². The van der Waals surface area contributed by atoms with E-state index in [-0.39, 0.29) is 6.10 Å². The minimum absolute atomic E-state index is 0.188. The smallest absolute Gasteiger partial charge is 0.153 e. The van der Waals surface area contributed by atoms with Gasteiger partial charge in [-0.2, -0.15) is 0 Å². The molecule has 0 spiro atoms. The molecule has 0 aliphatic carbocycles. The molecule has 0 saturated carbocycles. The average molecular weight is 409 g/mol. The number of aromatic nitrogens is 2. The predicted octanol–water partition coefficient (Wildman–Crippen LogP) is 6.41.